The largest absolute Gasteiger partial charge is 0.0710 e. The monoisotopic (exact) mass is 204 g/mol. The van der Waals surface area contributed by atoms with Crippen LogP contribution in [0.3, 0.4) is 0 Å². The van der Waals surface area contributed by atoms with Gasteiger partial charge in [0.15, 0.2) is 0 Å². The number of hydrogen-bond donors (Lipinski definition) is 0. The van der Waals surface area contributed by atoms with Crippen molar-refractivity contribution in [1.82, 2.24) is 0 Å². The Morgan fingerprint density at radius 2 is 1.40 bits per heavy atom. The summed E-state index contributed by atoms with van der Waals surface area (Å²) in [5, 5.41) is 0. The average molecular weight is 204 g/mol. The van der Waals surface area contributed by atoms with Crippen LogP contribution in [0.2, 0.25) is 0 Å². The van der Waals surface area contributed by atoms with E-state index in [1.807, 2.05) is 5.57 Å². The fourth-order valence-corrected chi connectivity index (χ4v) is 4.67. The molecule has 0 saturated heterocycles. The molecule has 4 rings (SSSR count). The van der Waals surface area contributed by atoms with Gasteiger partial charge in [-0.05, 0) is 68.6 Å². The lowest BCUT2D eigenvalue weighted by Crippen LogP contribution is -2.41. The fraction of sp³-hybridized carbons (Fsp3) is 0.867. The molecule has 4 fully saturated rings. The van der Waals surface area contributed by atoms with Crippen LogP contribution < -0.4 is 0 Å². The average Bonchev–Trinajstić information content (AvgIpc) is 2.15. The standard InChI is InChI=1S/C15H24/c1-9(2)10(3)15-13-5-11-4-12(7-13)8-14(15)6-11/h9,11-14H,4-8H2,1-3H3. The molecule has 15 heavy (non-hydrogen) atoms. The van der Waals surface area contributed by atoms with Crippen molar-refractivity contribution in [2.24, 2.45) is 29.6 Å². The number of rotatable bonds is 1. The van der Waals surface area contributed by atoms with E-state index < -0.39 is 0 Å². The van der Waals surface area contributed by atoms with E-state index in [1.165, 1.54) is 25.7 Å². The molecule has 4 saturated carbocycles. The summed E-state index contributed by atoms with van der Waals surface area (Å²) in [5.74, 6) is 5.00. The number of hydrogen-bond acceptors (Lipinski definition) is 0. The summed E-state index contributed by atoms with van der Waals surface area (Å²) in [6, 6.07) is 0. The summed E-state index contributed by atoms with van der Waals surface area (Å²) >= 11 is 0. The molecule has 0 aliphatic heterocycles. The van der Waals surface area contributed by atoms with E-state index in [0.717, 1.165) is 29.6 Å². The molecule has 4 bridgehead atoms. The highest BCUT2D eigenvalue weighted by Gasteiger charge is 2.45. The lowest BCUT2D eigenvalue weighted by molar-refractivity contribution is 0.0676. The molecule has 0 heterocycles. The minimum absolute atomic E-state index is 0.775. The fourth-order valence-electron chi connectivity index (χ4n) is 4.67. The third-order valence-electron chi connectivity index (χ3n) is 5.34. The maximum atomic E-state index is 2.41. The van der Waals surface area contributed by atoms with Crippen LogP contribution in [0, 0.1) is 29.6 Å². The first-order chi connectivity index (χ1) is 7.15. The summed E-state index contributed by atoms with van der Waals surface area (Å²) in [6.45, 7) is 7.14. The van der Waals surface area contributed by atoms with Crippen LogP contribution in [0.5, 0.6) is 0 Å². The quantitative estimate of drug-likeness (QED) is 0.555. The zero-order valence-corrected chi connectivity index (χ0v) is 10.4. The molecular weight excluding hydrogens is 180 g/mol. The first kappa shape index (κ1) is 9.93. The van der Waals surface area contributed by atoms with E-state index in [-0.39, 0.29) is 0 Å². The van der Waals surface area contributed by atoms with Crippen LogP contribution in [0.15, 0.2) is 11.1 Å². The Balaban J connectivity index is 1.95. The number of allylic oxidation sites excluding steroid dienone is 2. The Kier molecular flexibility index (Phi) is 2.23. The molecule has 0 aromatic carbocycles. The molecule has 4 aliphatic carbocycles. The molecule has 0 radical (unpaired) electrons. The maximum Gasteiger partial charge on any atom is -0.0192 e. The van der Waals surface area contributed by atoms with Gasteiger partial charge in [0.1, 0.15) is 0 Å². The van der Waals surface area contributed by atoms with Gasteiger partial charge >= 0.3 is 0 Å². The Bertz CT molecular complexity index is 265. The van der Waals surface area contributed by atoms with Crippen molar-refractivity contribution in [2.45, 2.75) is 52.9 Å². The van der Waals surface area contributed by atoms with Gasteiger partial charge in [-0.25, -0.2) is 0 Å². The second-order valence-electron chi connectivity index (χ2n) is 6.60. The van der Waals surface area contributed by atoms with E-state index in [2.05, 4.69) is 20.8 Å². The Morgan fingerprint density at radius 3 is 1.80 bits per heavy atom. The van der Waals surface area contributed by atoms with E-state index in [4.69, 9.17) is 0 Å². The maximum absolute atomic E-state index is 2.41. The van der Waals surface area contributed by atoms with Gasteiger partial charge in [-0.1, -0.05) is 25.0 Å². The van der Waals surface area contributed by atoms with Crippen LogP contribution >= 0.6 is 0 Å². The third kappa shape index (κ3) is 1.48. The normalized spacial score (nSPS) is 42.8. The molecular formula is C15H24. The lowest BCUT2D eigenvalue weighted by Gasteiger charge is -2.52. The first-order valence-corrected chi connectivity index (χ1v) is 6.85. The molecule has 0 spiro atoms. The van der Waals surface area contributed by atoms with Gasteiger partial charge in [0.2, 0.25) is 0 Å². The van der Waals surface area contributed by atoms with Gasteiger partial charge in [-0.2, -0.15) is 0 Å². The SMILES string of the molecule is CC(=C1C2CC3CC(C2)CC1C3)C(C)C. The van der Waals surface area contributed by atoms with Crippen molar-refractivity contribution in [3.63, 3.8) is 0 Å². The van der Waals surface area contributed by atoms with Crippen molar-refractivity contribution < 1.29 is 0 Å². The Hall–Kier alpha value is -0.260. The molecule has 4 aliphatic rings. The zero-order valence-electron chi connectivity index (χ0n) is 10.4. The summed E-state index contributed by atoms with van der Waals surface area (Å²) in [5.41, 5.74) is 3.65. The predicted octanol–water partition coefficient (Wildman–Crippen LogP) is 4.42. The molecule has 0 atom stereocenters. The molecule has 0 unspecified atom stereocenters. The molecule has 0 aromatic rings. The summed E-state index contributed by atoms with van der Waals surface area (Å²) < 4.78 is 0. The predicted molar refractivity (Wildman–Crippen MR) is 64.6 cm³/mol. The van der Waals surface area contributed by atoms with Crippen molar-refractivity contribution in [3.8, 4) is 0 Å². The molecule has 0 aromatic heterocycles. The van der Waals surface area contributed by atoms with Crippen molar-refractivity contribution in [1.29, 1.82) is 0 Å². The first-order valence-electron chi connectivity index (χ1n) is 6.85. The highest BCUT2D eigenvalue weighted by molar-refractivity contribution is 5.26. The molecule has 0 heteroatoms. The van der Waals surface area contributed by atoms with Gasteiger partial charge in [-0.3, -0.25) is 0 Å². The van der Waals surface area contributed by atoms with Crippen LogP contribution in [0.1, 0.15) is 52.9 Å². The van der Waals surface area contributed by atoms with Gasteiger partial charge in [0, 0.05) is 0 Å². The molecule has 0 N–H and O–H groups in total. The Morgan fingerprint density at radius 1 is 0.933 bits per heavy atom. The van der Waals surface area contributed by atoms with Crippen molar-refractivity contribution >= 4 is 0 Å². The Labute approximate surface area is 94.1 Å². The third-order valence-corrected chi connectivity index (χ3v) is 5.34. The lowest BCUT2D eigenvalue weighted by atomic mass is 9.53. The topological polar surface area (TPSA) is 0 Å². The van der Waals surface area contributed by atoms with Gasteiger partial charge in [0.05, 0.1) is 0 Å². The van der Waals surface area contributed by atoms with Crippen LogP contribution in [-0.2, 0) is 0 Å². The van der Waals surface area contributed by atoms with Gasteiger partial charge in [-0.15, -0.1) is 0 Å². The molecule has 0 nitrogen and oxygen atoms in total. The van der Waals surface area contributed by atoms with Crippen LogP contribution in [0.25, 0.3) is 0 Å². The van der Waals surface area contributed by atoms with E-state index in [0.29, 0.717) is 0 Å². The van der Waals surface area contributed by atoms with Crippen molar-refractivity contribution in [2.75, 3.05) is 0 Å². The summed E-state index contributed by atoms with van der Waals surface area (Å²) in [4.78, 5) is 0. The van der Waals surface area contributed by atoms with E-state index >= 15 is 0 Å². The summed E-state index contributed by atoms with van der Waals surface area (Å²) in [7, 11) is 0. The minimum Gasteiger partial charge on any atom is -0.0710 e. The zero-order chi connectivity index (χ0) is 10.6. The van der Waals surface area contributed by atoms with E-state index in [1.54, 1.807) is 12.0 Å². The van der Waals surface area contributed by atoms with Gasteiger partial charge < -0.3 is 0 Å². The van der Waals surface area contributed by atoms with Crippen molar-refractivity contribution in [3.05, 3.63) is 11.1 Å². The van der Waals surface area contributed by atoms with Crippen LogP contribution in [-0.4, -0.2) is 0 Å². The van der Waals surface area contributed by atoms with Gasteiger partial charge in [0.25, 0.3) is 0 Å². The minimum atomic E-state index is 0.775. The van der Waals surface area contributed by atoms with E-state index in [9.17, 15) is 0 Å². The molecule has 0 amide bonds. The second-order valence-corrected chi connectivity index (χ2v) is 6.60. The summed E-state index contributed by atoms with van der Waals surface area (Å²) in [6.07, 6.45) is 7.71. The van der Waals surface area contributed by atoms with Crippen LogP contribution in [0.4, 0.5) is 0 Å². The highest BCUT2D eigenvalue weighted by Crippen LogP contribution is 2.57. The second kappa shape index (κ2) is 3.37. The smallest absolute Gasteiger partial charge is 0.0192 e. The molecule has 84 valence electrons. The highest BCUT2D eigenvalue weighted by atomic mass is 14.5.